The Bertz CT molecular complexity index is 1520. The first-order valence-corrected chi connectivity index (χ1v) is 13.3. The molecule has 41 heavy (non-hydrogen) atoms. The smallest absolute Gasteiger partial charge is 0.246 e. The monoisotopic (exact) mass is 567 g/mol. The highest BCUT2D eigenvalue weighted by atomic mass is 19.2. The molecule has 0 spiro atoms. The van der Waals surface area contributed by atoms with E-state index in [2.05, 4.69) is 30.6 Å². The summed E-state index contributed by atoms with van der Waals surface area (Å²) in [5.74, 6) is -1.14. The van der Waals surface area contributed by atoms with Gasteiger partial charge >= 0.3 is 0 Å². The number of halogens is 2. The topological polar surface area (TPSA) is 127 Å². The summed E-state index contributed by atoms with van der Waals surface area (Å²) in [6.45, 7) is 2.32. The molecule has 1 aliphatic rings. The third-order valence-electron chi connectivity index (χ3n) is 6.91. The first-order valence-electron chi connectivity index (χ1n) is 13.3. The van der Waals surface area contributed by atoms with Crippen LogP contribution in [0.2, 0.25) is 0 Å². The number of nitrogens with zero attached hydrogens (tertiary/aromatic N) is 5. The van der Waals surface area contributed by atoms with E-state index in [1.807, 2.05) is 0 Å². The van der Waals surface area contributed by atoms with Crippen molar-refractivity contribution in [3.05, 3.63) is 60.7 Å². The van der Waals surface area contributed by atoms with Gasteiger partial charge < -0.3 is 25.2 Å². The summed E-state index contributed by atoms with van der Waals surface area (Å²) < 4.78 is 40.2. The number of rotatable bonds is 12. The van der Waals surface area contributed by atoms with Gasteiger partial charge in [-0.05, 0) is 44.0 Å². The number of anilines is 3. The van der Waals surface area contributed by atoms with Crippen molar-refractivity contribution in [2.75, 3.05) is 44.0 Å². The highest BCUT2D eigenvalue weighted by Crippen LogP contribution is 2.35. The third kappa shape index (κ3) is 6.69. The highest BCUT2D eigenvalue weighted by molar-refractivity contribution is 5.93. The number of hydrogen-bond acceptors (Lipinski definition) is 9. The molecule has 3 heterocycles. The van der Waals surface area contributed by atoms with E-state index in [9.17, 15) is 18.7 Å². The van der Waals surface area contributed by atoms with E-state index < -0.39 is 17.5 Å². The van der Waals surface area contributed by atoms with Crippen molar-refractivity contribution in [2.45, 2.75) is 31.8 Å². The van der Waals surface area contributed by atoms with Gasteiger partial charge in [-0.2, -0.15) is 5.10 Å². The molecule has 0 aliphatic carbocycles. The van der Waals surface area contributed by atoms with Crippen molar-refractivity contribution < 1.29 is 28.2 Å². The van der Waals surface area contributed by atoms with Gasteiger partial charge in [0.15, 0.2) is 23.1 Å². The quantitative estimate of drug-likeness (QED) is 0.220. The Hall–Kier alpha value is -4.36. The average molecular weight is 568 g/mol. The van der Waals surface area contributed by atoms with Gasteiger partial charge in [0.25, 0.3) is 0 Å². The number of benzene rings is 2. The van der Waals surface area contributed by atoms with Crippen LogP contribution in [0.4, 0.5) is 26.0 Å². The normalized spacial score (nSPS) is 15.3. The van der Waals surface area contributed by atoms with Gasteiger partial charge in [-0.15, -0.1) is 0 Å². The zero-order valence-electron chi connectivity index (χ0n) is 22.5. The van der Waals surface area contributed by atoms with Crippen LogP contribution in [-0.2, 0) is 11.3 Å². The summed E-state index contributed by atoms with van der Waals surface area (Å²) in [6.07, 6.45) is 7.48. The fourth-order valence-electron chi connectivity index (χ4n) is 4.87. The van der Waals surface area contributed by atoms with Crippen LogP contribution in [0, 0.1) is 11.6 Å². The van der Waals surface area contributed by atoms with Gasteiger partial charge in [0.2, 0.25) is 5.91 Å². The van der Waals surface area contributed by atoms with E-state index in [4.69, 9.17) is 9.47 Å². The molecule has 216 valence electrons. The Kier molecular flexibility index (Phi) is 8.85. The summed E-state index contributed by atoms with van der Waals surface area (Å²) in [6, 6.07) is 7.39. The SMILES string of the molecule is COc1cc2c(Nc3cnn(CC(=O)Nc4cccc(F)c4F)c3)ncnc2cc1OCCCN1CCC[C@@H]1CO. The summed E-state index contributed by atoms with van der Waals surface area (Å²) in [5, 5.41) is 19.9. The maximum Gasteiger partial charge on any atom is 0.246 e. The van der Waals surface area contributed by atoms with Crippen LogP contribution in [0.5, 0.6) is 11.5 Å². The number of carbonyl (C=O) groups excluding carboxylic acids is 1. The van der Waals surface area contributed by atoms with Crippen molar-refractivity contribution in [2.24, 2.45) is 0 Å². The van der Waals surface area contributed by atoms with Gasteiger partial charge in [0, 0.05) is 30.2 Å². The number of aromatic nitrogens is 4. The number of nitrogens with one attached hydrogen (secondary N) is 2. The molecule has 0 unspecified atom stereocenters. The average Bonchev–Trinajstić information content (AvgIpc) is 3.62. The minimum atomic E-state index is -1.12. The van der Waals surface area contributed by atoms with Crippen LogP contribution in [-0.4, -0.2) is 75.1 Å². The molecule has 1 atom stereocenters. The fourth-order valence-corrected chi connectivity index (χ4v) is 4.87. The minimum absolute atomic E-state index is 0.184. The molecule has 11 nitrogen and oxygen atoms in total. The number of methoxy groups -OCH3 is 1. The number of hydrogen-bond donors (Lipinski definition) is 3. The van der Waals surface area contributed by atoms with Crippen molar-refractivity contribution in [3.63, 3.8) is 0 Å². The zero-order valence-corrected chi connectivity index (χ0v) is 22.5. The maximum atomic E-state index is 13.9. The number of fused-ring (bicyclic) bond motifs is 1. The molecule has 1 aliphatic heterocycles. The van der Waals surface area contributed by atoms with Gasteiger partial charge in [0.1, 0.15) is 18.7 Å². The van der Waals surface area contributed by atoms with Gasteiger partial charge in [-0.25, -0.2) is 18.7 Å². The van der Waals surface area contributed by atoms with Crippen LogP contribution in [0.25, 0.3) is 10.9 Å². The molecule has 3 N–H and O–H groups in total. The second-order valence-electron chi connectivity index (χ2n) is 9.66. The number of ether oxygens (including phenoxy) is 2. The van der Waals surface area contributed by atoms with Crippen molar-refractivity contribution in [1.82, 2.24) is 24.6 Å². The Morgan fingerprint density at radius 1 is 1.22 bits per heavy atom. The predicted octanol–water partition coefficient (Wildman–Crippen LogP) is 3.72. The molecule has 2 aromatic heterocycles. The van der Waals surface area contributed by atoms with E-state index in [-0.39, 0.29) is 24.9 Å². The van der Waals surface area contributed by atoms with Crippen LogP contribution >= 0.6 is 0 Å². The molecule has 1 amide bonds. The number of aliphatic hydroxyl groups excluding tert-OH is 1. The minimum Gasteiger partial charge on any atom is -0.493 e. The van der Waals surface area contributed by atoms with E-state index in [1.54, 1.807) is 25.4 Å². The Morgan fingerprint density at radius 3 is 2.93 bits per heavy atom. The number of aliphatic hydroxyl groups is 1. The lowest BCUT2D eigenvalue weighted by atomic mass is 10.2. The lowest BCUT2D eigenvalue weighted by Gasteiger charge is -2.22. The van der Waals surface area contributed by atoms with E-state index in [1.165, 1.54) is 29.3 Å². The van der Waals surface area contributed by atoms with E-state index in [0.29, 0.717) is 40.5 Å². The fraction of sp³-hybridized carbons (Fsp3) is 0.357. The Labute approximate surface area is 235 Å². The Morgan fingerprint density at radius 2 is 2.10 bits per heavy atom. The molecule has 4 aromatic rings. The van der Waals surface area contributed by atoms with Crippen molar-refractivity contribution in [1.29, 1.82) is 0 Å². The maximum absolute atomic E-state index is 13.9. The molecule has 13 heteroatoms. The number of likely N-dealkylation sites (tertiary alicyclic amines) is 1. The molecule has 1 fully saturated rings. The van der Waals surface area contributed by atoms with Crippen LogP contribution in [0.15, 0.2) is 49.1 Å². The number of carbonyl (C=O) groups is 1. The summed E-state index contributed by atoms with van der Waals surface area (Å²) >= 11 is 0. The lowest BCUT2D eigenvalue weighted by Crippen LogP contribution is -2.33. The molecule has 0 saturated carbocycles. The molecular weight excluding hydrogens is 536 g/mol. The van der Waals surface area contributed by atoms with Crippen LogP contribution in [0.3, 0.4) is 0 Å². The molecular formula is C28H31F2N7O4. The van der Waals surface area contributed by atoms with Gasteiger partial charge in [-0.1, -0.05) is 6.07 Å². The molecule has 0 bridgehead atoms. The first kappa shape index (κ1) is 28.2. The zero-order chi connectivity index (χ0) is 28.8. The standard InChI is InChI=1S/C28H31F2N7O4/c1-40-24-11-20-23(12-25(24)41-10-4-9-36-8-3-5-19(36)16-38)31-17-32-28(20)34-18-13-33-37(14-18)15-26(39)35-22-7-2-6-21(29)27(22)30/h2,6-7,11-14,17,19,38H,3-5,8-10,15-16H2,1H3,(H,35,39)(H,31,32,34)/t19-/m1/s1. The van der Waals surface area contributed by atoms with E-state index in [0.717, 1.165) is 38.4 Å². The summed E-state index contributed by atoms with van der Waals surface area (Å²) in [7, 11) is 1.56. The third-order valence-corrected chi connectivity index (χ3v) is 6.91. The molecule has 1 saturated heterocycles. The molecule has 2 aromatic carbocycles. The number of amides is 1. The van der Waals surface area contributed by atoms with Gasteiger partial charge in [-0.3, -0.25) is 14.4 Å². The Balaban J connectivity index is 1.22. The largest absolute Gasteiger partial charge is 0.493 e. The lowest BCUT2D eigenvalue weighted by molar-refractivity contribution is -0.116. The summed E-state index contributed by atoms with van der Waals surface area (Å²) in [5.41, 5.74) is 0.950. The molecule has 5 rings (SSSR count). The first-order chi connectivity index (χ1) is 19.9. The van der Waals surface area contributed by atoms with Crippen molar-refractivity contribution in [3.8, 4) is 11.5 Å². The predicted molar refractivity (Wildman–Crippen MR) is 148 cm³/mol. The van der Waals surface area contributed by atoms with Crippen LogP contribution in [0.1, 0.15) is 19.3 Å². The van der Waals surface area contributed by atoms with Crippen molar-refractivity contribution >= 4 is 34.0 Å². The second kappa shape index (κ2) is 12.9. The highest BCUT2D eigenvalue weighted by Gasteiger charge is 2.23. The molecule has 0 radical (unpaired) electrons. The van der Waals surface area contributed by atoms with E-state index >= 15 is 0 Å². The van der Waals surface area contributed by atoms with Gasteiger partial charge in [0.05, 0.1) is 43.4 Å². The van der Waals surface area contributed by atoms with Crippen LogP contribution < -0.4 is 20.1 Å². The second-order valence-corrected chi connectivity index (χ2v) is 9.66. The summed E-state index contributed by atoms with van der Waals surface area (Å²) in [4.78, 5) is 23.4.